The molecule has 0 aliphatic carbocycles. The first kappa shape index (κ1) is 32.2. The van der Waals surface area contributed by atoms with Crippen LogP contribution in [0.4, 0.5) is 17.1 Å². The first-order valence-electron chi connectivity index (χ1n) is 12.7. The van der Waals surface area contributed by atoms with Crippen molar-refractivity contribution in [2.24, 2.45) is 5.73 Å². The minimum Gasteiger partial charge on any atom is -0.493 e. The summed E-state index contributed by atoms with van der Waals surface area (Å²) in [6.45, 7) is 1.91. The number of ether oxygens (including phenoxy) is 3. The quantitative estimate of drug-likeness (QED) is 0.0936. The van der Waals surface area contributed by atoms with Gasteiger partial charge in [-0.3, -0.25) is 19.8 Å². The van der Waals surface area contributed by atoms with Gasteiger partial charge in [-0.25, -0.2) is 4.79 Å². The Bertz CT molecular complexity index is 1540. The van der Waals surface area contributed by atoms with Crippen LogP contribution in [0.5, 0.6) is 11.5 Å². The summed E-state index contributed by atoms with van der Waals surface area (Å²) in [5, 5.41) is 25.5. The Labute approximate surface area is 251 Å². The molecule has 0 spiro atoms. The monoisotopic (exact) mass is 611 g/mol. The fourth-order valence-corrected chi connectivity index (χ4v) is 4.01. The van der Waals surface area contributed by atoms with Crippen LogP contribution in [-0.2, 0) is 25.7 Å². The number of nitrogens with two attached hydrogens (primary N) is 1. The van der Waals surface area contributed by atoms with Gasteiger partial charge < -0.3 is 41.0 Å². The number of carboxylic acid groups (broad SMARTS) is 1. The molecule has 13 nitrogen and oxygen atoms in total. The van der Waals surface area contributed by atoms with Crippen LogP contribution in [0.25, 0.3) is 0 Å². The lowest BCUT2D eigenvalue weighted by atomic mass is 10.1. The van der Waals surface area contributed by atoms with Gasteiger partial charge in [0.2, 0.25) is 0 Å². The number of benzene rings is 3. The molecule has 0 aliphatic heterocycles. The highest BCUT2D eigenvalue weighted by Crippen LogP contribution is 2.36. The van der Waals surface area contributed by atoms with E-state index in [0.29, 0.717) is 27.5 Å². The zero-order valence-corrected chi connectivity index (χ0v) is 24.2. The van der Waals surface area contributed by atoms with Crippen LogP contribution in [-0.4, -0.2) is 54.5 Å². The van der Waals surface area contributed by atoms with E-state index in [1.54, 1.807) is 36.4 Å². The van der Waals surface area contributed by atoms with Gasteiger partial charge in [-0.1, -0.05) is 11.6 Å². The van der Waals surface area contributed by atoms with Gasteiger partial charge in [-0.15, -0.1) is 0 Å². The zero-order valence-electron chi connectivity index (χ0n) is 23.4. The Morgan fingerprint density at radius 1 is 1.02 bits per heavy atom. The van der Waals surface area contributed by atoms with E-state index in [4.69, 9.17) is 37.0 Å². The van der Waals surface area contributed by atoms with Gasteiger partial charge in [0.1, 0.15) is 5.84 Å². The van der Waals surface area contributed by atoms with E-state index in [0.717, 1.165) is 0 Å². The predicted molar refractivity (Wildman–Crippen MR) is 160 cm³/mol. The highest BCUT2D eigenvalue weighted by atomic mass is 35.5. The number of carboxylic acids is 1. The molecule has 0 bridgehead atoms. The fraction of sp³-hybridized carbons (Fsp3) is 0.207. The topological polar surface area (TPSA) is 202 Å². The van der Waals surface area contributed by atoms with Crippen molar-refractivity contribution in [1.29, 1.82) is 5.41 Å². The van der Waals surface area contributed by atoms with Crippen molar-refractivity contribution in [3.63, 3.8) is 0 Å². The van der Waals surface area contributed by atoms with E-state index in [1.165, 1.54) is 39.2 Å². The molecular weight excluding hydrogens is 582 g/mol. The third-order valence-corrected chi connectivity index (χ3v) is 6.06. The Hall–Kier alpha value is -5.30. The van der Waals surface area contributed by atoms with Gasteiger partial charge >= 0.3 is 11.9 Å². The average molecular weight is 612 g/mol. The zero-order chi connectivity index (χ0) is 31.7. The lowest BCUT2D eigenvalue weighted by Gasteiger charge is -2.19. The minimum absolute atomic E-state index is 0.0102. The maximum atomic E-state index is 13.2. The van der Waals surface area contributed by atoms with E-state index < -0.39 is 36.5 Å². The standard InChI is InChI=1S/C29H30ClN5O8/c1-15(43-16(2)36)28(39)35-21-10-18(26(24(12-21)41-3)42-14-25(37)38)13-33-23-9-6-19(30)11-22(23)29(40)34-20-7-4-17(5-8-20)27(31)32/h4-12,15,33H,13-14H2,1-3H3,(H3,31,32)(H,34,40)(H,35,39)(H,37,38)/t15-/m0/s1. The van der Waals surface area contributed by atoms with Crippen LogP contribution >= 0.6 is 11.6 Å². The van der Waals surface area contributed by atoms with Crippen molar-refractivity contribution in [3.05, 3.63) is 76.3 Å². The number of carbonyl (C=O) groups excluding carboxylic acids is 3. The number of carbonyl (C=O) groups is 4. The normalized spacial score (nSPS) is 11.1. The third kappa shape index (κ3) is 9.10. The van der Waals surface area contributed by atoms with E-state index in [-0.39, 0.29) is 35.1 Å². The minimum atomic E-state index is -1.22. The molecule has 2 amide bonds. The van der Waals surface area contributed by atoms with Crippen molar-refractivity contribution in [1.82, 2.24) is 0 Å². The number of hydrogen-bond donors (Lipinski definition) is 6. The number of amides is 2. The van der Waals surface area contributed by atoms with Crippen molar-refractivity contribution in [2.75, 3.05) is 29.7 Å². The third-order valence-electron chi connectivity index (χ3n) is 5.82. The summed E-state index contributed by atoms with van der Waals surface area (Å²) in [5.41, 5.74) is 7.65. The molecule has 0 radical (unpaired) electrons. The number of nitrogen functional groups attached to an aromatic ring is 1. The molecule has 0 saturated heterocycles. The van der Waals surface area contributed by atoms with Crippen molar-refractivity contribution >= 4 is 58.3 Å². The molecule has 7 N–H and O–H groups in total. The van der Waals surface area contributed by atoms with E-state index in [1.807, 2.05) is 0 Å². The number of hydrogen-bond acceptors (Lipinski definition) is 9. The van der Waals surface area contributed by atoms with Crippen LogP contribution in [0.3, 0.4) is 0 Å². The highest BCUT2D eigenvalue weighted by molar-refractivity contribution is 6.31. The van der Waals surface area contributed by atoms with Crippen LogP contribution in [0.2, 0.25) is 5.02 Å². The number of nitrogens with one attached hydrogen (secondary N) is 4. The van der Waals surface area contributed by atoms with Crippen molar-refractivity contribution in [2.45, 2.75) is 26.5 Å². The Morgan fingerprint density at radius 2 is 1.72 bits per heavy atom. The number of methoxy groups -OCH3 is 1. The second-order valence-corrected chi connectivity index (χ2v) is 9.52. The molecule has 0 fully saturated rings. The number of rotatable bonds is 13. The fourth-order valence-electron chi connectivity index (χ4n) is 3.84. The van der Waals surface area contributed by atoms with Gasteiger partial charge in [0.05, 0.1) is 12.7 Å². The lowest BCUT2D eigenvalue weighted by molar-refractivity contribution is -0.150. The summed E-state index contributed by atoms with van der Waals surface area (Å²) in [5.74, 6) is -2.83. The van der Waals surface area contributed by atoms with Gasteiger partial charge in [0.25, 0.3) is 11.8 Å². The van der Waals surface area contributed by atoms with Crippen LogP contribution in [0.15, 0.2) is 54.6 Å². The Morgan fingerprint density at radius 3 is 2.33 bits per heavy atom. The predicted octanol–water partition coefficient (Wildman–Crippen LogP) is 3.85. The summed E-state index contributed by atoms with van der Waals surface area (Å²) >= 11 is 6.19. The second-order valence-electron chi connectivity index (χ2n) is 9.08. The molecule has 0 heterocycles. The van der Waals surface area contributed by atoms with Crippen molar-refractivity contribution in [3.8, 4) is 11.5 Å². The average Bonchev–Trinajstić information content (AvgIpc) is 2.95. The first-order valence-corrected chi connectivity index (χ1v) is 13.1. The molecule has 14 heteroatoms. The molecule has 3 aromatic carbocycles. The molecular formula is C29H30ClN5O8. The molecule has 0 aliphatic rings. The number of halogens is 1. The Kier molecular flexibility index (Phi) is 10.9. The molecule has 0 unspecified atom stereocenters. The van der Waals surface area contributed by atoms with Crippen molar-refractivity contribution < 1.29 is 38.5 Å². The van der Waals surface area contributed by atoms with Crippen LogP contribution < -0.4 is 31.2 Å². The molecule has 0 aromatic heterocycles. The molecule has 43 heavy (non-hydrogen) atoms. The van der Waals surface area contributed by atoms with E-state index in [9.17, 15) is 24.3 Å². The summed E-state index contributed by atoms with van der Waals surface area (Å²) in [6.07, 6.45) is -1.08. The Balaban J connectivity index is 1.91. The molecule has 1 atom stereocenters. The number of amidine groups is 1. The highest BCUT2D eigenvalue weighted by Gasteiger charge is 2.20. The smallest absolute Gasteiger partial charge is 0.341 e. The SMILES string of the molecule is COc1cc(NC(=O)[C@H](C)OC(C)=O)cc(CNc2ccc(Cl)cc2C(=O)Nc2ccc(C(=N)N)cc2)c1OCC(=O)O. The molecule has 0 saturated carbocycles. The van der Waals surface area contributed by atoms with E-state index in [2.05, 4.69) is 16.0 Å². The summed E-state index contributed by atoms with van der Waals surface area (Å²) in [7, 11) is 1.35. The summed E-state index contributed by atoms with van der Waals surface area (Å²) in [6, 6.07) is 14.0. The lowest BCUT2D eigenvalue weighted by Crippen LogP contribution is -2.29. The number of esters is 1. The summed E-state index contributed by atoms with van der Waals surface area (Å²) < 4.78 is 15.8. The largest absolute Gasteiger partial charge is 0.493 e. The van der Waals surface area contributed by atoms with Gasteiger partial charge in [0.15, 0.2) is 24.2 Å². The van der Waals surface area contributed by atoms with Crippen LogP contribution in [0, 0.1) is 5.41 Å². The van der Waals surface area contributed by atoms with Gasteiger partial charge in [-0.05, 0) is 55.5 Å². The van der Waals surface area contributed by atoms with E-state index >= 15 is 0 Å². The van der Waals surface area contributed by atoms with Crippen LogP contribution in [0.1, 0.15) is 35.3 Å². The first-order chi connectivity index (χ1) is 20.4. The summed E-state index contributed by atoms with van der Waals surface area (Å²) in [4.78, 5) is 48.3. The molecule has 3 aromatic rings. The maximum Gasteiger partial charge on any atom is 0.341 e. The van der Waals surface area contributed by atoms with Gasteiger partial charge in [-0.2, -0.15) is 0 Å². The number of anilines is 3. The molecule has 3 rings (SSSR count). The maximum absolute atomic E-state index is 13.2. The van der Waals surface area contributed by atoms with Gasteiger partial charge in [0, 0.05) is 52.7 Å². The molecule has 226 valence electrons. The second kappa shape index (κ2) is 14.5. The number of aliphatic carboxylic acids is 1.